The zero-order chi connectivity index (χ0) is 8.97. The van der Waals surface area contributed by atoms with E-state index in [2.05, 4.69) is 11.6 Å². The van der Waals surface area contributed by atoms with E-state index >= 15 is 0 Å². The maximum absolute atomic E-state index is 5.33. The van der Waals surface area contributed by atoms with E-state index in [-0.39, 0.29) is 0 Å². The van der Waals surface area contributed by atoms with Gasteiger partial charge >= 0.3 is 0 Å². The van der Waals surface area contributed by atoms with Gasteiger partial charge in [-0.25, -0.2) is 4.98 Å². The Balaban J connectivity index is 2.91. The highest BCUT2D eigenvalue weighted by molar-refractivity contribution is 7.98. The van der Waals surface area contributed by atoms with Gasteiger partial charge in [-0.1, -0.05) is 30.5 Å². The predicted octanol–water partition coefficient (Wildman–Crippen LogP) is 2.90. The first-order chi connectivity index (χ1) is 5.77. The molecule has 0 bridgehead atoms. The van der Waals surface area contributed by atoms with Gasteiger partial charge in [0.25, 0.3) is 5.22 Å². The van der Waals surface area contributed by atoms with E-state index in [0.29, 0.717) is 5.22 Å². The number of nitrogens with zero attached hydrogens (tertiary/aromatic N) is 1. The molecule has 12 heavy (non-hydrogen) atoms. The third-order valence-electron chi connectivity index (χ3n) is 1.38. The Labute approximate surface area is 76.4 Å². The first kappa shape index (κ1) is 9.13. The minimum atomic E-state index is 0.705. The molecular formula is C9H11NOS. The number of hydrogen-bond acceptors (Lipinski definition) is 3. The highest BCUT2D eigenvalue weighted by atomic mass is 32.2. The molecule has 0 saturated heterocycles. The van der Waals surface area contributed by atoms with Gasteiger partial charge in [0, 0.05) is 0 Å². The Hall–Kier alpha value is -0.960. The topological polar surface area (TPSA) is 26.0 Å². The fourth-order valence-electron chi connectivity index (χ4n) is 0.784. The summed E-state index contributed by atoms with van der Waals surface area (Å²) in [6.07, 6.45) is 7.37. The van der Waals surface area contributed by atoms with Gasteiger partial charge in [-0.2, -0.15) is 0 Å². The van der Waals surface area contributed by atoms with Crippen LogP contribution in [0.4, 0.5) is 0 Å². The SMILES string of the molecule is C=C/C=C\c1nc(SC)oc1C. The molecule has 1 aromatic rings. The molecule has 0 fully saturated rings. The lowest BCUT2D eigenvalue weighted by Gasteiger charge is -1.81. The molecular weight excluding hydrogens is 170 g/mol. The minimum absolute atomic E-state index is 0.705. The van der Waals surface area contributed by atoms with Crippen LogP contribution in [0.5, 0.6) is 0 Å². The molecule has 0 aliphatic rings. The quantitative estimate of drug-likeness (QED) is 0.529. The van der Waals surface area contributed by atoms with Crippen LogP contribution in [0, 0.1) is 6.92 Å². The number of aryl methyl sites for hydroxylation is 1. The number of hydrogen-bond donors (Lipinski definition) is 0. The van der Waals surface area contributed by atoms with Crippen molar-refractivity contribution in [2.75, 3.05) is 6.26 Å². The van der Waals surface area contributed by atoms with Gasteiger partial charge in [-0.05, 0) is 19.3 Å². The summed E-state index contributed by atoms with van der Waals surface area (Å²) in [5, 5.41) is 0.705. The number of aromatic nitrogens is 1. The molecule has 0 radical (unpaired) electrons. The van der Waals surface area contributed by atoms with Crippen LogP contribution in [0.2, 0.25) is 0 Å². The normalized spacial score (nSPS) is 10.8. The molecule has 0 N–H and O–H groups in total. The van der Waals surface area contributed by atoms with Crippen molar-refractivity contribution in [1.82, 2.24) is 4.98 Å². The van der Waals surface area contributed by atoms with Crippen molar-refractivity contribution in [1.29, 1.82) is 0 Å². The summed E-state index contributed by atoms with van der Waals surface area (Å²) in [6.45, 7) is 5.48. The average Bonchev–Trinajstić information content (AvgIpc) is 2.43. The van der Waals surface area contributed by atoms with Crippen LogP contribution in [0.3, 0.4) is 0 Å². The molecule has 3 heteroatoms. The Kier molecular flexibility index (Phi) is 3.17. The fourth-order valence-corrected chi connectivity index (χ4v) is 1.18. The summed E-state index contributed by atoms with van der Waals surface area (Å²) in [5.41, 5.74) is 0.874. The first-order valence-electron chi connectivity index (χ1n) is 3.58. The summed E-state index contributed by atoms with van der Waals surface area (Å²) >= 11 is 1.50. The number of thioether (sulfide) groups is 1. The maximum atomic E-state index is 5.33. The van der Waals surface area contributed by atoms with Crippen molar-refractivity contribution < 1.29 is 4.42 Å². The van der Waals surface area contributed by atoms with E-state index in [9.17, 15) is 0 Å². The van der Waals surface area contributed by atoms with Crippen LogP contribution in [-0.2, 0) is 0 Å². The van der Waals surface area contributed by atoms with Crippen molar-refractivity contribution in [3.8, 4) is 0 Å². The lowest BCUT2D eigenvalue weighted by molar-refractivity contribution is 0.432. The van der Waals surface area contributed by atoms with Gasteiger partial charge in [0.05, 0.1) is 0 Å². The largest absolute Gasteiger partial charge is 0.436 e. The average molecular weight is 181 g/mol. The van der Waals surface area contributed by atoms with Gasteiger partial charge in [0.2, 0.25) is 0 Å². The summed E-state index contributed by atoms with van der Waals surface area (Å²) in [5.74, 6) is 0.845. The smallest absolute Gasteiger partial charge is 0.256 e. The second-order valence-electron chi connectivity index (χ2n) is 2.22. The Morgan fingerprint density at radius 1 is 1.58 bits per heavy atom. The Morgan fingerprint density at radius 2 is 2.33 bits per heavy atom. The lowest BCUT2D eigenvalue weighted by atomic mass is 10.3. The van der Waals surface area contributed by atoms with Crippen LogP contribution in [0.1, 0.15) is 11.5 Å². The third-order valence-corrected chi connectivity index (χ3v) is 1.90. The van der Waals surface area contributed by atoms with Crippen LogP contribution in [-0.4, -0.2) is 11.2 Å². The monoisotopic (exact) mass is 181 g/mol. The molecule has 1 aromatic heterocycles. The van der Waals surface area contributed by atoms with Gasteiger partial charge in [0.1, 0.15) is 11.5 Å². The van der Waals surface area contributed by atoms with Crippen LogP contribution < -0.4 is 0 Å². The zero-order valence-corrected chi connectivity index (χ0v) is 8.02. The van der Waals surface area contributed by atoms with E-state index in [0.717, 1.165) is 11.5 Å². The molecule has 2 nitrogen and oxygen atoms in total. The van der Waals surface area contributed by atoms with E-state index in [1.807, 2.05) is 25.3 Å². The fraction of sp³-hybridized carbons (Fsp3) is 0.222. The molecule has 0 spiro atoms. The van der Waals surface area contributed by atoms with Crippen molar-refractivity contribution in [3.05, 3.63) is 30.2 Å². The van der Waals surface area contributed by atoms with Gasteiger partial charge in [0.15, 0.2) is 0 Å². The molecule has 0 saturated carbocycles. The molecule has 0 aromatic carbocycles. The molecule has 0 unspecified atom stereocenters. The molecule has 1 rings (SSSR count). The lowest BCUT2D eigenvalue weighted by Crippen LogP contribution is -1.73. The van der Waals surface area contributed by atoms with Crippen LogP contribution >= 0.6 is 11.8 Å². The summed E-state index contributed by atoms with van der Waals surface area (Å²) < 4.78 is 5.33. The van der Waals surface area contributed by atoms with E-state index < -0.39 is 0 Å². The van der Waals surface area contributed by atoms with Crippen molar-refractivity contribution >= 4 is 17.8 Å². The van der Waals surface area contributed by atoms with E-state index in [1.54, 1.807) is 6.08 Å². The third kappa shape index (κ3) is 2.01. The van der Waals surface area contributed by atoms with Gasteiger partial charge < -0.3 is 4.42 Å². The molecule has 0 aliphatic carbocycles. The summed E-state index contributed by atoms with van der Waals surface area (Å²) in [4.78, 5) is 4.23. The number of oxazole rings is 1. The Bertz CT molecular complexity index is 301. The van der Waals surface area contributed by atoms with E-state index in [4.69, 9.17) is 4.42 Å². The van der Waals surface area contributed by atoms with Crippen molar-refractivity contribution in [3.63, 3.8) is 0 Å². The van der Waals surface area contributed by atoms with Crippen LogP contribution in [0.25, 0.3) is 6.08 Å². The Morgan fingerprint density at radius 3 is 2.83 bits per heavy atom. The second-order valence-corrected chi connectivity index (χ2v) is 2.98. The second kappa shape index (κ2) is 4.16. The molecule has 0 atom stereocenters. The number of rotatable bonds is 3. The minimum Gasteiger partial charge on any atom is -0.436 e. The highest BCUT2D eigenvalue weighted by Crippen LogP contribution is 2.18. The van der Waals surface area contributed by atoms with Crippen molar-refractivity contribution in [2.24, 2.45) is 0 Å². The maximum Gasteiger partial charge on any atom is 0.256 e. The molecule has 0 amide bonds. The van der Waals surface area contributed by atoms with E-state index in [1.165, 1.54) is 11.8 Å². The van der Waals surface area contributed by atoms with Gasteiger partial charge in [-0.15, -0.1) is 0 Å². The predicted molar refractivity (Wildman–Crippen MR) is 52.3 cm³/mol. The number of allylic oxidation sites excluding steroid dienone is 2. The molecule has 1 heterocycles. The highest BCUT2D eigenvalue weighted by Gasteiger charge is 2.04. The van der Waals surface area contributed by atoms with Crippen LogP contribution in [0.15, 0.2) is 28.4 Å². The summed E-state index contributed by atoms with van der Waals surface area (Å²) in [7, 11) is 0. The summed E-state index contributed by atoms with van der Waals surface area (Å²) in [6, 6.07) is 0. The molecule has 64 valence electrons. The zero-order valence-electron chi connectivity index (χ0n) is 7.20. The first-order valence-corrected chi connectivity index (χ1v) is 4.81. The molecule has 0 aliphatic heterocycles. The van der Waals surface area contributed by atoms with Crippen molar-refractivity contribution in [2.45, 2.75) is 12.1 Å². The standard InChI is InChI=1S/C9H11NOS/c1-4-5-6-8-7(2)11-9(10-8)12-3/h4-6H,1H2,2-3H3/b6-5-. The van der Waals surface area contributed by atoms with Gasteiger partial charge in [-0.3, -0.25) is 0 Å².